The van der Waals surface area contributed by atoms with Crippen LogP contribution in [0.3, 0.4) is 0 Å². The van der Waals surface area contributed by atoms with Crippen molar-refractivity contribution in [2.24, 2.45) is 5.41 Å². The third-order valence-electron chi connectivity index (χ3n) is 5.88. The summed E-state index contributed by atoms with van der Waals surface area (Å²) in [5.41, 5.74) is 1.11. The number of aliphatic hydroxyl groups excluding tert-OH is 1. The van der Waals surface area contributed by atoms with Crippen molar-refractivity contribution in [3.8, 4) is 11.5 Å². The number of rotatable bonds is 5. The van der Waals surface area contributed by atoms with Crippen molar-refractivity contribution in [3.05, 3.63) is 30.3 Å². The van der Waals surface area contributed by atoms with Gasteiger partial charge in [0, 0.05) is 44.8 Å². The van der Waals surface area contributed by atoms with E-state index in [4.69, 9.17) is 9.63 Å². The molecule has 0 unspecified atom stereocenters. The van der Waals surface area contributed by atoms with Crippen LogP contribution in [0.2, 0.25) is 0 Å². The van der Waals surface area contributed by atoms with Gasteiger partial charge in [-0.1, -0.05) is 18.2 Å². The lowest BCUT2D eigenvalue weighted by atomic mass is 9.72. The zero-order valence-electron chi connectivity index (χ0n) is 15.5. The second-order valence-corrected chi connectivity index (χ2v) is 7.65. The smallest absolute Gasteiger partial charge is 0.266 e. The molecule has 0 atom stereocenters. The molecule has 1 aromatic carbocycles. The Kier molecular flexibility index (Phi) is 5.11. The monoisotopic (exact) mass is 370 g/mol. The average Bonchev–Trinajstić information content (AvgIpc) is 3.20. The molecule has 2 fully saturated rings. The predicted octanol–water partition coefficient (Wildman–Crippen LogP) is 2.33. The maximum absolute atomic E-state index is 12.2. The van der Waals surface area contributed by atoms with E-state index in [9.17, 15) is 4.79 Å². The minimum absolute atomic E-state index is 0.131. The second-order valence-electron chi connectivity index (χ2n) is 7.65. The normalized spacial score (nSPS) is 19.7. The molecule has 0 aliphatic carbocycles. The van der Waals surface area contributed by atoms with Crippen molar-refractivity contribution in [2.75, 3.05) is 37.7 Å². The van der Waals surface area contributed by atoms with E-state index in [0.29, 0.717) is 31.2 Å². The molecule has 0 bridgehead atoms. The van der Waals surface area contributed by atoms with Gasteiger partial charge in [-0.25, -0.2) is 0 Å². The number of hydrogen-bond acceptors (Lipinski definition) is 6. The van der Waals surface area contributed by atoms with Gasteiger partial charge in [0.05, 0.1) is 0 Å². The van der Waals surface area contributed by atoms with Crippen LogP contribution in [0.5, 0.6) is 0 Å². The van der Waals surface area contributed by atoms with Gasteiger partial charge in [-0.15, -0.1) is 0 Å². The van der Waals surface area contributed by atoms with Crippen LogP contribution in [-0.2, 0) is 4.79 Å². The Morgan fingerprint density at radius 3 is 2.67 bits per heavy atom. The highest BCUT2D eigenvalue weighted by molar-refractivity contribution is 5.77. The van der Waals surface area contributed by atoms with Gasteiger partial charge in [0.15, 0.2) is 0 Å². The van der Waals surface area contributed by atoms with Crippen molar-refractivity contribution in [3.63, 3.8) is 0 Å². The number of aromatic nitrogens is 2. The Hall–Kier alpha value is -2.41. The van der Waals surface area contributed by atoms with E-state index in [1.54, 1.807) is 0 Å². The molecule has 3 heterocycles. The first kappa shape index (κ1) is 18.0. The number of anilines is 1. The van der Waals surface area contributed by atoms with E-state index in [1.807, 2.05) is 35.2 Å². The number of aliphatic hydroxyl groups is 1. The number of likely N-dealkylation sites (tertiary alicyclic amines) is 1. The van der Waals surface area contributed by atoms with Crippen molar-refractivity contribution >= 4 is 11.9 Å². The molecule has 1 aromatic heterocycles. The first-order valence-electron chi connectivity index (χ1n) is 9.72. The number of hydrogen-bond donors (Lipinski definition) is 1. The minimum atomic E-state index is 0.131. The summed E-state index contributed by atoms with van der Waals surface area (Å²) in [6.07, 6.45) is 4.26. The van der Waals surface area contributed by atoms with Gasteiger partial charge < -0.3 is 19.4 Å². The van der Waals surface area contributed by atoms with Crippen LogP contribution in [0.15, 0.2) is 34.9 Å². The summed E-state index contributed by atoms with van der Waals surface area (Å²) in [7, 11) is 0. The summed E-state index contributed by atoms with van der Waals surface area (Å²) in [4.78, 5) is 20.8. The molecular weight excluding hydrogens is 344 g/mol. The van der Waals surface area contributed by atoms with E-state index in [-0.39, 0.29) is 17.9 Å². The molecule has 0 saturated carbocycles. The van der Waals surface area contributed by atoms with Crippen LogP contribution in [-0.4, -0.2) is 58.8 Å². The number of carbonyl (C=O) groups is 1. The first-order chi connectivity index (χ1) is 13.2. The van der Waals surface area contributed by atoms with Gasteiger partial charge in [-0.2, -0.15) is 4.98 Å². The molecule has 2 saturated heterocycles. The molecule has 27 heavy (non-hydrogen) atoms. The molecule has 1 N–H and O–H groups in total. The molecule has 2 aliphatic rings. The van der Waals surface area contributed by atoms with Crippen LogP contribution < -0.4 is 4.90 Å². The van der Waals surface area contributed by atoms with E-state index in [0.717, 1.165) is 44.5 Å². The van der Waals surface area contributed by atoms with Gasteiger partial charge in [0.25, 0.3) is 11.8 Å². The Morgan fingerprint density at radius 2 is 1.93 bits per heavy atom. The maximum atomic E-state index is 12.2. The Morgan fingerprint density at radius 1 is 1.15 bits per heavy atom. The van der Waals surface area contributed by atoms with Gasteiger partial charge in [0.2, 0.25) is 5.91 Å². The van der Waals surface area contributed by atoms with E-state index < -0.39 is 0 Å². The second kappa shape index (κ2) is 7.68. The Bertz CT molecular complexity index is 769. The van der Waals surface area contributed by atoms with E-state index in [2.05, 4.69) is 15.0 Å². The van der Waals surface area contributed by atoms with E-state index >= 15 is 0 Å². The van der Waals surface area contributed by atoms with Gasteiger partial charge >= 0.3 is 0 Å². The standard InChI is InChI=1S/C20H26N4O3/c25-14-4-11-24-15-20(8-7-17(24)26)9-12-23(13-10-20)19-21-18(27-22-19)16-5-2-1-3-6-16/h1-3,5-6,25H,4,7-15H2. The lowest BCUT2D eigenvalue weighted by molar-refractivity contribution is -0.138. The fourth-order valence-corrected chi connectivity index (χ4v) is 4.20. The Labute approximate surface area is 159 Å². The summed E-state index contributed by atoms with van der Waals surface area (Å²) < 4.78 is 5.44. The van der Waals surface area contributed by atoms with Gasteiger partial charge in [-0.3, -0.25) is 4.79 Å². The first-order valence-corrected chi connectivity index (χ1v) is 9.72. The summed E-state index contributed by atoms with van der Waals surface area (Å²) in [5, 5.41) is 13.2. The van der Waals surface area contributed by atoms with Crippen LogP contribution in [0.4, 0.5) is 5.95 Å². The SMILES string of the molecule is O=C1CCC2(CCN(c3noc(-c4ccccc4)n3)CC2)CN1CCCO. The molecule has 2 aromatic rings. The third kappa shape index (κ3) is 3.83. The van der Waals surface area contributed by atoms with Crippen LogP contribution >= 0.6 is 0 Å². The van der Waals surface area contributed by atoms with Crippen molar-refractivity contribution in [2.45, 2.75) is 32.1 Å². The topological polar surface area (TPSA) is 82.7 Å². The predicted molar refractivity (Wildman–Crippen MR) is 101 cm³/mol. The number of nitrogens with zero attached hydrogens (tertiary/aromatic N) is 4. The minimum Gasteiger partial charge on any atom is -0.396 e. The maximum Gasteiger partial charge on any atom is 0.266 e. The zero-order chi connectivity index (χ0) is 18.7. The summed E-state index contributed by atoms with van der Waals surface area (Å²) in [6.45, 7) is 3.34. The number of piperidine rings is 2. The van der Waals surface area contributed by atoms with Crippen LogP contribution in [0, 0.1) is 5.41 Å². The fourth-order valence-electron chi connectivity index (χ4n) is 4.20. The molecule has 1 spiro atoms. The molecular formula is C20H26N4O3. The molecule has 144 valence electrons. The quantitative estimate of drug-likeness (QED) is 0.870. The zero-order valence-corrected chi connectivity index (χ0v) is 15.5. The molecule has 4 rings (SSSR count). The lowest BCUT2D eigenvalue weighted by Gasteiger charge is -2.47. The molecule has 0 radical (unpaired) electrons. The highest BCUT2D eigenvalue weighted by Gasteiger charge is 2.41. The third-order valence-corrected chi connectivity index (χ3v) is 5.88. The van der Waals surface area contributed by atoms with Crippen LogP contribution in [0.1, 0.15) is 32.1 Å². The number of amides is 1. The molecule has 1 amide bonds. The Balaban J connectivity index is 1.39. The average molecular weight is 370 g/mol. The summed E-state index contributed by atoms with van der Waals surface area (Å²) in [5.74, 6) is 1.42. The highest BCUT2D eigenvalue weighted by atomic mass is 16.5. The fraction of sp³-hybridized carbons (Fsp3) is 0.550. The van der Waals surface area contributed by atoms with Crippen molar-refractivity contribution < 1.29 is 14.4 Å². The summed E-state index contributed by atoms with van der Waals surface area (Å²) in [6, 6.07) is 9.79. The molecule has 2 aliphatic heterocycles. The number of carbonyl (C=O) groups excluding carboxylic acids is 1. The number of benzene rings is 1. The van der Waals surface area contributed by atoms with Crippen molar-refractivity contribution in [1.82, 2.24) is 15.0 Å². The molecule has 7 heteroatoms. The van der Waals surface area contributed by atoms with E-state index in [1.165, 1.54) is 0 Å². The van der Waals surface area contributed by atoms with Crippen molar-refractivity contribution in [1.29, 1.82) is 0 Å². The highest BCUT2D eigenvalue weighted by Crippen LogP contribution is 2.41. The molecule has 7 nitrogen and oxygen atoms in total. The summed E-state index contributed by atoms with van der Waals surface area (Å²) >= 11 is 0. The van der Waals surface area contributed by atoms with Gasteiger partial charge in [0.1, 0.15) is 0 Å². The van der Waals surface area contributed by atoms with Gasteiger partial charge in [-0.05, 0) is 48.4 Å². The largest absolute Gasteiger partial charge is 0.396 e. The lowest BCUT2D eigenvalue weighted by Crippen LogP contribution is -2.52. The van der Waals surface area contributed by atoms with Crippen LogP contribution in [0.25, 0.3) is 11.5 Å².